The Bertz CT molecular complexity index is 132. The standard InChI is InChI=1S/C12H22O2/c1-3-9-13-11-7-5-6-8-12-14-10-4-2/h3-4,9-10H,5-8,11-12H2,1-2H3/b9-3+,10-4+. The highest BCUT2D eigenvalue weighted by Crippen LogP contribution is 2.00. The highest BCUT2D eigenvalue weighted by molar-refractivity contribution is 4.65. The molecule has 0 aromatic heterocycles. The van der Waals surface area contributed by atoms with Crippen molar-refractivity contribution in [2.24, 2.45) is 0 Å². The Balaban J connectivity index is 2.92. The predicted molar refractivity (Wildman–Crippen MR) is 60.0 cm³/mol. The lowest BCUT2D eigenvalue weighted by molar-refractivity contribution is 0.226. The van der Waals surface area contributed by atoms with E-state index in [2.05, 4.69) is 0 Å². The number of rotatable bonds is 9. The highest BCUT2D eigenvalue weighted by Gasteiger charge is 1.89. The van der Waals surface area contributed by atoms with Crippen molar-refractivity contribution in [3.8, 4) is 0 Å². The maximum absolute atomic E-state index is 5.20. The second-order valence-electron chi connectivity index (χ2n) is 3.09. The number of hydrogen-bond donors (Lipinski definition) is 0. The average Bonchev–Trinajstić information content (AvgIpc) is 2.21. The first-order chi connectivity index (χ1) is 6.91. The molecule has 2 heteroatoms. The molecule has 0 spiro atoms. The largest absolute Gasteiger partial charge is 0.502 e. The van der Waals surface area contributed by atoms with Crippen LogP contribution in [0.1, 0.15) is 39.5 Å². The van der Waals surface area contributed by atoms with Gasteiger partial charge in [0, 0.05) is 0 Å². The van der Waals surface area contributed by atoms with E-state index < -0.39 is 0 Å². The molecule has 0 bridgehead atoms. The molecule has 0 fully saturated rings. The molecule has 0 N–H and O–H groups in total. The van der Waals surface area contributed by atoms with Crippen LogP contribution in [0.2, 0.25) is 0 Å². The Kier molecular flexibility index (Phi) is 11.3. The summed E-state index contributed by atoms with van der Waals surface area (Å²) < 4.78 is 10.4. The molecule has 0 heterocycles. The molecule has 82 valence electrons. The van der Waals surface area contributed by atoms with Gasteiger partial charge < -0.3 is 9.47 Å². The van der Waals surface area contributed by atoms with Crippen LogP contribution in [0.4, 0.5) is 0 Å². The maximum atomic E-state index is 5.20. The maximum Gasteiger partial charge on any atom is 0.0873 e. The van der Waals surface area contributed by atoms with Crippen molar-refractivity contribution in [2.45, 2.75) is 39.5 Å². The van der Waals surface area contributed by atoms with E-state index in [1.807, 2.05) is 26.0 Å². The van der Waals surface area contributed by atoms with Crippen molar-refractivity contribution in [1.82, 2.24) is 0 Å². The summed E-state index contributed by atoms with van der Waals surface area (Å²) >= 11 is 0. The SMILES string of the molecule is C/C=C/OCCCCCCO/C=C/C. The summed E-state index contributed by atoms with van der Waals surface area (Å²) in [7, 11) is 0. The van der Waals surface area contributed by atoms with Gasteiger partial charge in [-0.1, -0.05) is 12.2 Å². The van der Waals surface area contributed by atoms with Crippen LogP contribution in [-0.2, 0) is 9.47 Å². The lowest BCUT2D eigenvalue weighted by Gasteiger charge is -2.01. The van der Waals surface area contributed by atoms with Gasteiger partial charge in [0.2, 0.25) is 0 Å². The second-order valence-corrected chi connectivity index (χ2v) is 3.09. The molecular weight excluding hydrogens is 176 g/mol. The third-order valence-corrected chi connectivity index (χ3v) is 1.74. The lowest BCUT2D eigenvalue weighted by Crippen LogP contribution is -1.90. The zero-order valence-corrected chi connectivity index (χ0v) is 9.37. The van der Waals surface area contributed by atoms with Gasteiger partial charge in [0.05, 0.1) is 25.7 Å². The van der Waals surface area contributed by atoms with E-state index in [1.165, 1.54) is 12.8 Å². The predicted octanol–water partition coefficient (Wildman–Crippen LogP) is 3.65. The van der Waals surface area contributed by atoms with E-state index in [0.717, 1.165) is 26.1 Å². The van der Waals surface area contributed by atoms with E-state index in [1.54, 1.807) is 12.5 Å². The quantitative estimate of drug-likeness (QED) is 0.416. The molecule has 0 rings (SSSR count). The molecule has 0 saturated heterocycles. The van der Waals surface area contributed by atoms with Crippen LogP contribution in [0.5, 0.6) is 0 Å². The molecule has 2 nitrogen and oxygen atoms in total. The molecule has 0 aliphatic heterocycles. The van der Waals surface area contributed by atoms with Crippen molar-refractivity contribution in [2.75, 3.05) is 13.2 Å². The van der Waals surface area contributed by atoms with Gasteiger partial charge in [-0.2, -0.15) is 0 Å². The van der Waals surface area contributed by atoms with Gasteiger partial charge in [0.15, 0.2) is 0 Å². The summed E-state index contributed by atoms with van der Waals surface area (Å²) in [5.41, 5.74) is 0. The van der Waals surface area contributed by atoms with Gasteiger partial charge >= 0.3 is 0 Å². The average molecular weight is 198 g/mol. The van der Waals surface area contributed by atoms with Crippen molar-refractivity contribution >= 4 is 0 Å². The van der Waals surface area contributed by atoms with Gasteiger partial charge in [-0.05, 0) is 39.5 Å². The van der Waals surface area contributed by atoms with Gasteiger partial charge in [0.25, 0.3) is 0 Å². The molecule has 0 unspecified atom stereocenters. The van der Waals surface area contributed by atoms with E-state index in [4.69, 9.17) is 9.47 Å². The molecule has 14 heavy (non-hydrogen) atoms. The van der Waals surface area contributed by atoms with Crippen LogP contribution >= 0.6 is 0 Å². The molecular formula is C12H22O2. The number of allylic oxidation sites excluding steroid dienone is 2. The van der Waals surface area contributed by atoms with Gasteiger partial charge in [-0.25, -0.2) is 0 Å². The first-order valence-electron chi connectivity index (χ1n) is 5.37. The number of unbranched alkanes of at least 4 members (excludes halogenated alkanes) is 3. The Hall–Kier alpha value is -0.920. The molecule has 0 radical (unpaired) electrons. The summed E-state index contributed by atoms with van der Waals surface area (Å²) in [4.78, 5) is 0. The van der Waals surface area contributed by atoms with Gasteiger partial charge in [-0.15, -0.1) is 0 Å². The molecule has 0 aliphatic rings. The van der Waals surface area contributed by atoms with Crippen LogP contribution in [0.3, 0.4) is 0 Å². The molecule has 0 saturated carbocycles. The third kappa shape index (κ3) is 11.1. The van der Waals surface area contributed by atoms with E-state index in [9.17, 15) is 0 Å². The molecule has 0 amide bonds. The van der Waals surface area contributed by atoms with Crippen LogP contribution < -0.4 is 0 Å². The number of ether oxygens (including phenoxy) is 2. The van der Waals surface area contributed by atoms with Crippen LogP contribution in [0, 0.1) is 0 Å². The smallest absolute Gasteiger partial charge is 0.0873 e. The minimum absolute atomic E-state index is 0.833. The molecule has 0 atom stereocenters. The van der Waals surface area contributed by atoms with Crippen molar-refractivity contribution in [3.63, 3.8) is 0 Å². The zero-order valence-electron chi connectivity index (χ0n) is 9.37. The van der Waals surface area contributed by atoms with E-state index in [0.29, 0.717) is 0 Å². The van der Waals surface area contributed by atoms with Crippen LogP contribution in [0.15, 0.2) is 24.7 Å². The van der Waals surface area contributed by atoms with Crippen LogP contribution in [-0.4, -0.2) is 13.2 Å². The summed E-state index contributed by atoms with van der Waals surface area (Å²) in [6.45, 7) is 5.58. The Morgan fingerprint density at radius 3 is 1.50 bits per heavy atom. The first-order valence-corrected chi connectivity index (χ1v) is 5.37. The fraction of sp³-hybridized carbons (Fsp3) is 0.667. The molecule has 0 aromatic carbocycles. The first kappa shape index (κ1) is 13.1. The van der Waals surface area contributed by atoms with Gasteiger partial charge in [0.1, 0.15) is 0 Å². The fourth-order valence-corrected chi connectivity index (χ4v) is 1.05. The second kappa shape index (κ2) is 12.1. The summed E-state index contributed by atoms with van der Waals surface area (Å²) in [5.74, 6) is 0. The minimum atomic E-state index is 0.833. The third-order valence-electron chi connectivity index (χ3n) is 1.74. The number of hydrogen-bond acceptors (Lipinski definition) is 2. The van der Waals surface area contributed by atoms with Crippen molar-refractivity contribution in [1.29, 1.82) is 0 Å². The van der Waals surface area contributed by atoms with E-state index >= 15 is 0 Å². The van der Waals surface area contributed by atoms with Crippen LogP contribution in [0.25, 0.3) is 0 Å². The summed E-state index contributed by atoms with van der Waals surface area (Å²) in [6, 6.07) is 0. The highest BCUT2D eigenvalue weighted by atomic mass is 16.5. The Morgan fingerprint density at radius 2 is 1.14 bits per heavy atom. The van der Waals surface area contributed by atoms with Crippen molar-refractivity contribution < 1.29 is 9.47 Å². The topological polar surface area (TPSA) is 18.5 Å². The lowest BCUT2D eigenvalue weighted by atomic mass is 10.2. The Morgan fingerprint density at radius 1 is 0.714 bits per heavy atom. The normalized spacial score (nSPS) is 11.3. The minimum Gasteiger partial charge on any atom is -0.502 e. The molecule has 0 aromatic rings. The van der Waals surface area contributed by atoms with Crippen molar-refractivity contribution in [3.05, 3.63) is 24.7 Å². The Labute approximate surface area is 87.6 Å². The summed E-state index contributed by atoms with van der Waals surface area (Å²) in [5, 5.41) is 0. The van der Waals surface area contributed by atoms with E-state index in [-0.39, 0.29) is 0 Å². The molecule has 0 aliphatic carbocycles. The zero-order chi connectivity index (χ0) is 10.5. The summed E-state index contributed by atoms with van der Waals surface area (Å²) in [6.07, 6.45) is 12.0. The monoisotopic (exact) mass is 198 g/mol. The van der Waals surface area contributed by atoms with Gasteiger partial charge in [-0.3, -0.25) is 0 Å². The fourth-order valence-electron chi connectivity index (χ4n) is 1.05.